The molecule has 2 aromatic carbocycles. The van der Waals surface area contributed by atoms with Gasteiger partial charge in [-0.3, -0.25) is 14.9 Å². The zero-order valence-corrected chi connectivity index (χ0v) is 15.0. The van der Waals surface area contributed by atoms with Crippen molar-refractivity contribution in [2.45, 2.75) is 19.4 Å². The first kappa shape index (κ1) is 17.6. The number of hydrogen-bond acceptors (Lipinski definition) is 5. The van der Waals surface area contributed by atoms with Crippen LogP contribution in [-0.2, 0) is 17.8 Å². The van der Waals surface area contributed by atoms with Gasteiger partial charge in [0.25, 0.3) is 5.56 Å². The standard InChI is InChI=1S/C20H18N6O2/c27-18(11-10-17-22-16-9-5-4-8-15(16)19(28)23-17)24-20-21-13-26(25-20)12-14-6-2-1-3-7-14/h1-9,13H,10-12H2,(H,22,23,28)(H,24,25,27). The number of benzene rings is 2. The van der Waals surface area contributed by atoms with Gasteiger partial charge in [0.2, 0.25) is 11.9 Å². The highest BCUT2D eigenvalue weighted by Gasteiger charge is 2.09. The van der Waals surface area contributed by atoms with Crippen molar-refractivity contribution in [3.63, 3.8) is 0 Å². The van der Waals surface area contributed by atoms with Crippen LogP contribution in [0.4, 0.5) is 5.95 Å². The van der Waals surface area contributed by atoms with E-state index in [9.17, 15) is 9.59 Å². The molecular weight excluding hydrogens is 356 g/mol. The van der Waals surface area contributed by atoms with Crippen LogP contribution < -0.4 is 10.9 Å². The molecular formula is C20H18N6O2. The van der Waals surface area contributed by atoms with E-state index in [-0.39, 0.29) is 23.8 Å². The smallest absolute Gasteiger partial charge is 0.258 e. The van der Waals surface area contributed by atoms with Crippen molar-refractivity contribution in [1.29, 1.82) is 0 Å². The number of H-pyrrole nitrogens is 1. The molecule has 0 fully saturated rings. The van der Waals surface area contributed by atoms with Gasteiger partial charge < -0.3 is 4.98 Å². The van der Waals surface area contributed by atoms with Gasteiger partial charge in [-0.05, 0) is 17.7 Å². The SMILES string of the molecule is O=C(CCc1nc2ccccc2c(=O)[nH]1)Nc1ncn(Cc2ccccc2)n1. The first-order chi connectivity index (χ1) is 13.7. The summed E-state index contributed by atoms with van der Waals surface area (Å²) in [4.78, 5) is 35.5. The van der Waals surface area contributed by atoms with Gasteiger partial charge in [-0.15, -0.1) is 5.10 Å². The highest BCUT2D eigenvalue weighted by molar-refractivity contribution is 5.89. The molecule has 0 aliphatic rings. The van der Waals surface area contributed by atoms with E-state index in [0.29, 0.717) is 29.7 Å². The number of carbonyl (C=O) groups excluding carboxylic acids is 1. The Morgan fingerprint density at radius 2 is 1.86 bits per heavy atom. The molecule has 0 unspecified atom stereocenters. The molecule has 4 aromatic rings. The molecule has 0 saturated heterocycles. The van der Waals surface area contributed by atoms with Crippen molar-refractivity contribution < 1.29 is 4.79 Å². The summed E-state index contributed by atoms with van der Waals surface area (Å²) >= 11 is 0. The molecule has 0 spiro atoms. The van der Waals surface area contributed by atoms with E-state index in [1.807, 2.05) is 36.4 Å². The van der Waals surface area contributed by atoms with Crippen LogP contribution in [0.3, 0.4) is 0 Å². The first-order valence-corrected chi connectivity index (χ1v) is 8.88. The zero-order chi connectivity index (χ0) is 19.3. The van der Waals surface area contributed by atoms with Crippen molar-refractivity contribution in [2.24, 2.45) is 0 Å². The maximum Gasteiger partial charge on any atom is 0.258 e. The predicted molar refractivity (Wildman–Crippen MR) is 105 cm³/mol. The number of para-hydroxylation sites is 1. The largest absolute Gasteiger partial charge is 0.310 e. The molecule has 8 nitrogen and oxygen atoms in total. The van der Waals surface area contributed by atoms with Crippen LogP contribution >= 0.6 is 0 Å². The molecule has 0 radical (unpaired) electrons. The van der Waals surface area contributed by atoms with Crippen molar-refractivity contribution in [2.75, 3.05) is 5.32 Å². The number of nitrogens with zero attached hydrogens (tertiary/aromatic N) is 4. The Kier molecular flexibility index (Phi) is 4.92. The van der Waals surface area contributed by atoms with Crippen molar-refractivity contribution >= 4 is 22.8 Å². The van der Waals surface area contributed by atoms with Crippen LogP contribution in [0.15, 0.2) is 65.7 Å². The highest BCUT2D eigenvalue weighted by atomic mass is 16.1. The minimum Gasteiger partial charge on any atom is -0.310 e. The Hall–Kier alpha value is -3.81. The summed E-state index contributed by atoms with van der Waals surface area (Å²) in [7, 11) is 0. The second-order valence-corrected chi connectivity index (χ2v) is 6.33. The van der Waals surface area contributed by atoms with E-state index in [2.05, 4.69) is 25.4 Å². The topological polar surface area (TPSA) is 106 Å². The second-order valence-electron chi connectivity index (χ2n) is 6.33. The summed E-state index contributed by atoms with van der Waals surface area (Å²) in [5, 5.41) is 7.46. The molecule has 0 saturated carbocycles. The van der Waals surface area contributed by atoms with Gasteiger partial charge in [-0.25, -0.2) is 14.6 Å². The molecule has 4 rings (SSSR count). The lowest BCUT2D eigenvalue weighted by Crippen LogP contribution is -2.17. The lowest BCUT2D eigenvalue weighted by molar-refractivity contribution is -0.116. The van der Waals surface area contributed by atoms with Crippen molar-refractivity contribution in [3.05, 3.63) is 82.7 Å². The zero-order valence-electron chi connectivity index (χ0n) is 15.0. The molecule has 2 heterocycles. The fourth-order valence-corrected chi connectivity index (χ4v) is 2.87. The molecule has 28 heavy (non-hydrogen) atoms. The number of hydrogen-bond donors (Lipinski definition) is 2. The van der Waals surface area contributed by atoms with Gasteiger partial charge in [0.05, 0.1) is 17.4 Å². The average Bonchev–Trinajstić information content (AvgIpc) is 3.14. The van der Waals surface area contributed by atoms with E-state index < -0.39 is 0 Å². The molecule has 0 aliphatic heterocycles. The summed E-state index contributed by atoms with van der Waals surface area (Å²) in [6.45, 7) is 0.575. The third kappa shape index (κ3) is 4.12. The number of rotatable bonds is 6. The summed E-state index contributed by atoms with van der Waals surface area (Å²) in [5.41, 5.74) is 1.50. The molecule has 2 aromatic heterocycles. The number of aromatic amines is 1. The lowest BCUT2D eigenvalue weighted by Gasteiger charge is -2.03. The molecule has 0 aliphatic carbocycles. The first-order valence-electron chi connectivity index (χ1n) is 8.88. The molecule has 8 heteroatoms. The van der Waals surface area contributed by atoms with Crippen LogP contribution in [0.25, 0.3) is 10.9 Å². The predicted octanol–water partition coefficient (Wildman–Crippen LogP) is 2.13. The van der Waals surface area contributed by atoms with Gasteiger partial charge in [-0.1, -0.05) is 42.5 Å². The fourth-order valence-electron chi connectivity index (χ4n) is 2.87. The third-order valence-corrected chi connectivity index (χ3v) is 4.23. The minimum absolute atomic E-state index is 0.161. The van der Waals surface area contributed by atoms with E-state index in [0.717, 1.165) is 5.56 Å². The Balaban J connectivity index is 1.35. The van der Waals surface area contributed by atoms with Crippen LogP contribution in [0.1, 0.15) is 17.8 Å². The average molecular weight is 374 g/mol. The van der Waals surface area contributed by atoms with Crippen molar-refractivity contribution in [1.82, 2.24) is 24.7 Å². The van der Waals surface area contributed by atoms with Gasteiger partial charge in [0.15, 0.2) is 0 Å². The lowest BCUT2D eigenvalue weighted by atomic mass is 10.2. The van der Waals surface area contributed by atoms with E-state index in [1.165, 1.54) is 0 Å². The second kappa shape index (κ2) is 7.83. The maximum atomic E-state index is 12.2. The number of aryl methyl sites for hydroxylation is 1. The number of nitrogens with one attached hydrogen (secondary N) is 2. The Labute approximate surface area is 160 Å². The summed E-state index contributed by atoms with van der Waals surface area (Å²) in [6, 6.07) is 17.0. The molecule has 0 bridgehead atoms. The monoisotopic (exact) mass is 374 g/mol. The van der Waals surface area contributed by atoms with Gasteiger partial charge in [0.1, 0.15) is 12.2 Å². The number of carbonyl (C=O) groups is 1. The molecule has 2 N–H and O–H groups in total. The van der Waals surface area contributed by atoms with Crippen LogP contribution in [0.2, 0.25) is 0 Å². The van der Waals surface area contributed by atoms with E-state index in [4.69, 9.17) is 0 Å². The van der Waals surface area contributed by atoms with E-state index >= 15 is 0 Å². The molecule has 0 atom stereocenters. The summed E-state index contributed by atoms with van der Waals surface area (Å²) in [6.07, 6.45) is 2.05. The minimum atomic E-state index is -0.242. The van der Waals surface area contributed by atoms with Gasteiger partial charge >= 0.3 is 0 Å². The van der Waals surface area contributed by atoms with E-state index in [1.54, 1.807) is 29.2 Å². The van der Waals surface area contributed by atoms with Crippen LogP contribution in [0.5, 0.6) is 0 Å². The fraction of sp³-hybridized carbons (Fsp3) is 0.150. The Morgan fingerprint density at radius 1 is 1.07 bits per heavy atom. The maximum absolute atomic E-state index is 12.2. The highest BCUT2D eigenvalue weighted by Crippen LogP contribution is 2.08. The number of fused-ring (bicyclic) bond motifs is 1. The van der Waals surface area contributed by atoms with Crippen LogP contribution in [-0.4, -0.2) is 30.6 Å². The Morgan fingerprint density at radius 3 is 2.71 bits per heavy atom. The molecule has 1 amide bonds. The normalized spacial score (nSPS) is 10.9. The Bertz CT molecular complexity index is 1170. The third-order valence-electron chi connectivity index (χ3n) is 4.23. The molecule has 140 valence electrons. The quantitative estimate of drug-likeness (QED) is 0.538. The van der Waals surface area contributed by atoms with Crippen LogP contribution in [0, 0.1) is 0 Å². The van der Waals surface area contributed by atoms with Gasteiger partial charge in [0, 0.05) is 12.8 Å². The number of amides is 1. The van der Waals surface area contributed by atoms with Gasteiger partial charge in [-0.2, -0.15) is 0 Å². The number of anilines is 1. The summed E-state index contributed by atoms with van der Waals surface area (Å²) < 4.78 is 1.66. The van der Waals surface area contributed by atoms with Crippen molar-refractivity contribution in [3.8, 4) is 0 Å². The summed E-state index contributed by atoms with van der Waals surface area (Å²) in [5.74, 6) is 0.482. The number of aromatic nitrogens is 5.